The minimum Gasteiger partial charge on any atom is -0.444 e. The molecule has 1 aliphatic heterocycles. The number of fused-ring (bicyclic) bond motifs is 1. The highest BCUT2D eigenvalue weighted by Crippen LogP contribution is 2.28. The number of likely N-dealkylation sites (N-methyl/N-ethyl adjacent to an activating group) is 1. The van der Waals surface area contributed by atoms with E-state index in [9.17, 15) is 9.59 Å². The zero-order valence-corrected chi connectivity index (χ0v) is 24.7. The third kappa shape index (κ3) is 7.52. The van der Waals surface area contributed by atoms with Gasteiger partial charge >= 0.3 is 6.09 Å². The second-order valence-corrected chi connectivity index (χ2v) is 12.3. The molecule has 2 aliphatic rings. The number of benzene rings is 1. The molecule has 218 valence electrons. The minimum atomic E-state index is -0.506. The van der Waals surface area contributed by atoms with E-state index < -0.39 is 5.60 Å². The van der Waals surface area contributed by atoms with Crippen LogP contribution in [0.2, 0.25) is 0 Å². The maximum absolute atomic E-state index is 13.6. The summed E-state index contributed by atoms with van der Waals surface area (Å²) in [6.07, 6.45) is 5.11. The fourth-order valence-electron chi connectivity index (χ4n) is 5.59. The number of aromatic nitrogens is 2. The van der Waals surface area contributed by atoms with Crippen LogP contribution in [0.5, 0.6) is 0 Å². The molecule has 9 nitrogen and oxygen atoms in total. The van der Waals surface area contributed by atoms with E-state index in [0.717, 1.165) is 79.8 Å². The number of carbonyl (C=O) groups is 2. The first-order valence-corrected chi connectivity index (χ1v) is 14.7. The van der Waals surface area contributed by atoms with Crippen LogP contribution >= 0.6 is 0 Å². The average Bonchev–Trinajstić information content (AvgIpc) is 2.96. The van der Waals surface area contributed by atoms with Crippen molar-refractivity contribution in [3.05, 3.63) is 54.2 Å². The molecule has 2 N–H and O–H groups in total. The van der Waals surface area contributed by atoms with Crippen LogP contribution in [-0.2, 0) is 4.74 Å². The van der Waals surface area contributed by atoms with E-state index in [4.69, 9.17) is 14.7 Å². The Balaban J connectivity index is 1.23. The molecule has 2 amide bonds. The van der Waals surface area contributed by atoms with E-state index in [1.54, 1.807) is 0 Å². The molecule has 2 aromatic heterocycles. The van der Waals surface area contributed by atoms with Gasteiger partial charge in [-0.2, -0.15) is 0 Å². The summed E-state index contributed by atoms with van der Waals surface area (Å²) in [6.45, 7) is 10.1. The van der Waals surface area contributed by atoms with Crippen LogP contribution in [0.25, 0.3) is 22.2 Å². The van der Waals surface area contributed by atoms with Gasteiger partial charge in [0.25, 0.3) is 5.91 Å². The standard InChI is InChI=1S/C32H42N6O3/c1-32(2,3)41-31(40)34-20-22-9-12-24(13-10-22)35-30(39)26-19-28(36-27-8-6-5-7-25(26)27)23-11-14-29(33-21-23)38-17-15-37(4)16-18-38/h5-8,11,14,19,21-22,24H,9-10,12-13,15-18,20H2,1-4H3,(H,34,40)(H,35,39). The first-order valence-electron chi connectivity index (χ1n) is 14.7. The Labute approximate surface area is 242 Å². The summed E-state index contributed by atoms with van der Waals surface area (Å²) in [4.78, 5) is 39.8. The maximum atomic E-state index is 13.6. The lowest BCUT2D eigenvalue weighted by atomic mass is 9.86. The predicted molar refractivity (Wildman–Crippen MR) is 162 cm³/mol. The molecule has 0 spiro atoms. The smallest absolute Gasteiger partial charge is 0.407 e. The molecule has 3 heterocycles. The Morgan fingerprint density at radius 2 is 1.73 bits per heavy atom. The molecule has 41 heavy (non-hydrogen) atoms. The Hall–Kier alpha value is -3.72. The number of nitrogens with zero attached hydrogens (tertiary/aromatic N) is 4. The van der Waals surface area contributed by atoms with Crippen LogP contribution in [-0.4, -0.2) is 78.3 Å². The van der Waals surface area contributed by atoms with Gasteiger partial charge in [0.2, 0.25) is 0 Å². The number of anilines is 1. The molecule has 0 bridgehead atoms. The van der Waals surface area contributed by atoms with E-state index in [2.05, 4.69) is 27.5 Å². The molecule has 0 atom stereocenters. The fraction of sp³-hybridized carbons (Fsp3) is 0.500. The van der Waals surface area contributed by atoms with E-state index in [-0.39, 0.29) is 18.0 Å². The highest BCUT2D eigenvalue weighted by atomic mass is 16.6. The lowest BCUT2D eigenvalue weighted by Gasteiger charge is -2.33. The number of hydrogen-bond donors (Lipinski definition) is 2. The Bertz CT molecular complexity index is 1350. The molecule has 2 fully saturated rings. The van der Waals surface area contributed by atoms with Gasteiger partial charge in [-0.15, -0.1) is 0 Å². The zero-order valence-electron chi connectivity index (χ0n) is 24.7. The van der Waals surface area contributed by atoms with Gasteiger partial charge in [-0.05, 0) is 83.7 Å². The average molecular weight is 559 g/mol. The molecule has 0 unspecified atom stereocenters. The van der Waals surface area contributed by atoms with E-state index in [0.29, 0.717) is 18.0 Å². The number of nitrogens with one attached hydrogen (secondary N) is 2. The lowest BCUT2D eigenvalue weighted by Crippen LogP contribution is -2.44. The Morgan fingerprint density at radius 3 is 2.41 bits per heavy atom. The van der Waals surface area contributed by atoms with Crippen molar-refractivity contribution in [2.75, 3.05) is 44.7 Å². The van der Waals surface area contributed by atoms with E-state index in [1.807, 2.05) is 69.4 Å². The first kappa shape index (κ1) is 28.8. The molecule has 0 radical (unpaired) electrons. The van der Waals surface area contributed by atoms with Crippen molar-refractivity contribution in [3.63, 3.8) is 0 Å². The molecule has 3 aromatic rings. The van der Waals surface area contributed by atoms with Gasteiger partial charge in [0, 0.05) is 55.9 Å². The summed E-state index contributed by atoms with van der Waals surface area (Å²) in [6, 6.07) is 13.9. The van der Waals surface area contributed by atoms with Gasteiger partial charge in [0.1, 0.15) is 11.4 Å². The van der Waals surface area contributed by atoms with Crippen LogP contribution < -0.4 is 15.5 Å². The fourth-order valence-corrected chi connectivity index (χ4v) is 5.59. The number of alkyl carbamates (subject to hydrolysis) is 1. The van der Waals surface area contributed by atoms with Crippen molar-refractivity contribution < 1.29 is 14.3 Å². The molecule has 5 rings (SSSR count). The van der Waals surface area contributed by atoms with Crippen molar-refractivity contribution in [3.8, 4) is 11.3 Å². The number of amides is 2. The molecular weight excluding hydrogens is 516 g/mol. The predicted octanol–water partition coefficient (Wildman–Crippen LogP) is 4.86. The zero-order chi connectivity index (χ0) is 29.0. The van der Waals surface area contributed by atoms with Crippen molar-refractivity contribution in [2.45, 2.75) is 58.1 Å². The van der Waals surface area contributed by atoms with Gasteiger partial charge in [-0.3, -0.25) is 4.79 Å². The Kier molecular flexibility index (Phi) is 8.73. The third-order valence-corrected chi connectivity index (χ3v) is 7.95. The maximum Gasteiger partial charge on any atom is 0.407 e. The highest BCUT2D eigenvalue weighted by Gasteiger charge is 2.25. The minimum absolute atomic E-state index is 0.0813. The van der Waals surface area contributed by atoms with Gasteiger partial charge < -0.3 is 25.2 Å². The van der Waals surface area contributed by atoms with Crippen molar-refractivity contribution in [1.29, 1.82) is 0 Å². The largest absolute Gasteiger partial charge is 0.444 e. The Morgan fingerprint density at radius 1 is 1.00 bits per heavy atom. The van der Waals surface area contributed by atoms with Crippen molar-refractivity contribution in [1.82, 2.24) is 25.5 Å². The molecule has 9 heteroatoms. The van der Waals surface area contributed by atoms with Gasteiger partial charge in [0.15, 0.2) is 0 Å². The number of piperazine rings is 1. The summed E-state index contributed by atoms with van der Waals surface area (Å²) in [5.74, 6) is 1.27. The summed E-state index contributed by atoms with van der Waals surface area (Å²) in [5.41, 5.74) is 2.54. The topological polar surface area (TPSA) is 99.7 Å². The van der Waals surface area contributed by atoms with Crippen LogP contribution in [0.1, 0.15) is 56.8 Å². The molecule has 1 saturated carbocycles. The van der Waals surface area contributed by atoms with Gasteiger partial charge in [0.05, 0.1) is 16.8 Å². The summed E-state index contributed by atoms with van der Waals surface area (Å²) in [7, 11) is 2.14. The second kappa shape index (κ2) is 12.4. The number of hydrogen-bond acceptors (Lipinski definition) is 7. The van der Waals surface area contributed by atoms with Crippen molar-refractivity contribution >= 4 is 28.7 Å². The third-order valence-electron chi connectivity index (χ3n) is 7.95. The van der Waals surface area contributed by atoms with Crippen LogP contribution in [0.3, 0.4) is 0 Å². The number of ether oxygens (including phenoxy) is 1. The SMILES string of the molecule is CN1CCN(c2ccc(-c3cc(C(=O)NC4CCC(CNC(=O)OC(C)(C)C)CC4)c4ccccc4n3)cn2)CC1. The first-order chi connectivity index (χ1) is 19.6. The summed E-state index contributed by atoms with van der Waals surface area (Å²) >= 11 is 0. The number of pyridine rings is 2. The summed E-state index contributed by atoms with van der Waals surface area (Å²) in [5, 5.41) is 7.00. The molecule has 1 aromatic carbocycles. The highest BCUT2D eigenvalue weighted by molar-refractivity contribution is 6.07. The second-order valence-electron chi connectivity index (χ2n) is 12.3. The quantitative estimate of drug-likeness (QED) is 0.446. The summed E-state index contributed by atoms with van der Waals surface area (Å²) < 4.78 is 5.35. The van der Waals surface area contributed by atoms with Gasteiger partial charge in [-0.25, -0.2) is 14.8 Å². The van der Waals surface area contributed by atoms with Crippen LogP contribution in [0, 0.1) is 5.92 Å². The molecule has 1 saturated heterocycles. The van der Waals surface area contributed by atoms with E-state index in [1.165, 1.54) is 0 Å². The van der Waals surface area contributed by atoms with Crippen molar-refractivity contribution in [2.24, 2.45) is 5.92 Å². The molecule has 1 aliphatic carbocycles. The van der Waals surface area contributed by atoms with E-state index >= 15 is 0 Å². The normalized spacial score (nSPS) is 20.0. The number of rotatable bonds is 6. The van der Waals surface area contributed by atoms with Crippen LogP contribution in [0.4, 0.5) is 10.6 Å². The number of para-hydroxylation sites is 1. The monoisotopic (exact) mass is 558 g/mol. The van der Waals surface area contributed by atoms with Gasteiger partial charge in [-0.1, -0.05) is 18.2 Å². The lowest BCUT2D eigenvalue weighted by molar-refractivity contribution is 0.0514. The number of carbonyl (C=O) groups excluding carboxylic acids is 2. The molecular formula is C32H42N6O3. The van der Waals surface area contributed by atoms with Crippen LogP contribution in [0.15, 0.2) is 48.7 Å².